The number of hydrogen-bond acceptors (Lipinski definition) is 4. The van der Waals surface area contributed by atoms with Crippen LogP contribution in [0.1, 0.15) is 5.56 Å². The zero-order valence-corrected chi connectivity index (χ0v) is 16.0. The SMILES string of the molecule is NC(=O)COc1cccc(CSc2ncc(-c3ccccc3)n2CC(F)(F)F)c1. The molecule has 1 heterocycles. The van der Waals surface area contributed by atoms with Gasteiger partial charge in [0, 0.05) is 5.75 Å². The van der Waals surface area contributed by atoms with E-state index in [2.05, 4.69) is 4.98 Å². The predicted molar refractivity (Wildman–Crippen MR) is 104 cm³/mol. The van der Waals surface area contributed by atoms with Crippen molar-refractivity contribution >= 4 is 17.7 Å². The number of amides is 1. The number of nitrogens with two attached hydrogens (primary N) is 1. The highest BCUT2D eigenvalue weighted by Gasteiger charge is 2.30. The minimum absolute atomic E-state index is 0.243. The molecular weight excluding hydrogens is 403 g/mol. The highest BCUT2D eigenvalue weighted by molar-refractivity contribution is 7.98. The van der Waals surface area contributed by atoms with Crippen molar-refractivity contribution < 1.29 is 22.7 Å². The van der Waals surface area contributed by atoms with Crippen LogP contribution in [0, 0.1) is 0 Å². The van der Waals surface area contributed by atoms with Gasteiger partial charge >= 0.3 is 6.18 Å². The number of nitrogens with zero attached hydrogens (tertiary/aromatic N) is 2. The second-order valence-corrected chi connectivity index (χ2v) is 7.13. The summed E-state index contributed by atoms with van der Waals surface area (Å²) in [5.41, 5.74) is 6.95. The Morgan fingerprint density at radius 2 is 1.90 bits per heavy atom. The van der Waals surface area contributed by atoms with Crippen LogP contribution in [-0.4, -0.2) is 28.2 Å². The van der Waals surface area contributed by atoms with E-state index < -0.39 is 18.6 Å². The number of aromatic nitrogens is 2. The fourth-order valence-electron chi connectivity index (χ4n) is 2.67. The number of thioether (sulfide) groups is 1. The molecule has 0 aliphatic rings. The molecule has 0 spiro atoms. The zero-order chi connectivity index (χ0) is 20.9. The van der Waals surface area contributed by atoms with Gasteiger partial charge in [-0.15, -0.1) is 0 Å². The lowest BCUT2D eigenvalue weighted by Crippen LogP contribution is -2.20. The molecule has 0 saturated carbocycles. The number of carbonyl (C=O) groups is 1. The monoisotopic (exact) mass is 421 g/mol. The molecule has 0 atom stereocenters. The van der Waals surface area contributed by atoms with Gasteiger partial charge in [-0.2, -0.15) is 13.2 Å². The van der Waals surface area contributed by atoms with Gasteiger partial charge in [0.1, 0.15) is 12.3 Å². The van der Waals surface area contributed by atoms with Crippen LogP contribution in [0.15, 0.2) is 66.0 Å². The average molecular weight is 421 g/mol. The highest BCUT2D eigenvalue weighted by Crippen LogP contribution is 2.31. The van der Waals surface area contributed by atoms with Crippen molar-refractivity contribution in [2.45, 2.75) is 23.6 Å². The Labute approximate surface area is 169 Å². The Bertz CT molecular complexity index is 975. The third-order valence-electron chi connectivity index (χ3n) is 3.87. The van der Waals surface area contributed by atoms with Crippen molar-refractivity contribution in [3.63, 3.8) is 0 Å². The summed E-state index contributed by atoms with van der Waals surface area (Å²) in [5, 5.41) is 0.268. The first-order chi connectivity index (χ1) is 13.8. The lowest BCUT2D eigenvalue weighted by molar-refractivity contribution is -0.141. The first-order valence-corrected chi connectivity index (χ1v) is 9.61. The van der Waals surface area contributed by atoms with Crippen molar-refractivity contribution in [2.24, 2.45) is 5.73 Å². The van der Waals surface area contributed by atoms with Gasteiger partial charge in [0.25, 0.3) is 5.91 Å². The summed E-state index contributed by atoms with van der Waals surface area (Å²) in [4.78, 5) is 15.0. The summed E-state index contributed by atoms with van der Waals surface area (Å²) in [6.45, 7) is -1.37. The van der Waals surface area contributed by atoms with Crippen LogP contribution >= 0.6 is 11.8 Å². The molecule has 0 unspecified atom stereocenters. The zero-order valence-electron chi connectivity index (χ0n) is 15.2. The number of ether oxygens (including phenoxy) is 1. The van der Waals surface area contributed by atoms with Crippen LogP contribution in [-0.2, 0) is 17.1 Å². The number of rotatable bonds is 8. The molecule has 0 fully saturated rings. The minimum Gasteiger partial charge on any atom is -0.484 e. The number of alkyl halides is 3. The molecule has 9 heteroatoms. The summed E-state index contributed by atoms with van der Waals surface area (Å²) in [5.74, 6) is 0.259. The summed E-state index contributed by atoms with van der Waals surface area (Å²) >= 11 is 1.19. The second kappa shape index (κ2) is 9.04. The van der Waals surface area contributed by atoms with E-state index in [1.807, 2.05) is 6.07 Å². The molecule has 0 saturated heterocycles. The number of hydrogen-bond donors (Lipinski definition) is 1. The molecule has 0 radical (unpaired) electrons. The van der Waals surface area contributed by atoms with Crippen molar-refractivity contribution in [3.05, 3.63) is 66.4 Å². The number of imidazole rings is 1. The number of primary amides is 1. The van der Waals surface area contributed by atoms with Crippen LogP contribution in [0.25, 0.3) is 11.3 Å². The topological polar surface area (TPSA) is 70.1 Å². The van der Waals surface area contributed by atoms with E-state index in [0.717, 1.165) is 5.56 Å². The number of benzene rings is 2. The van der Waals surface area contributed by atoms with Crippen molar-refractivity contribution in [3.8, 4) is 17.0 Å². The molecule has 1 aromatic heterocycles. The Morgan fingerprint density at radius 3 is 2.59 bits per heavy atom. The van der Waals surface area contributed by atoms with Crippen molar-refractivity contribution in [1.29, 1.82) is 0 Å². The highest BCUT2D eigenvalue weighted by atomic mass is 32.2. The van der Waals surface area contributed by atoms with Gasteiger partial charge < -0.3 is 15.0 Å². The Morgan fingerprint density at radius 1 is 1.14 bits per heavy atom. The van der Waals surface area contributed by atoms with Crippen LogP contribution < -0.4 is 10.5 Å². The van der Waals surface area contributed by atoms with E-state index >= 15 is 0 Å². The molecule has 152 valence electrons. The molecule has 0 aliphatic heterocycles. The first kappa shape index (κ1) is 20.8. The van der Waals surface area contributed by atoms with E-state index in [-0.39, 0.29) is 11.8 Å². The maximum Gasteiger partial charge on any atom is 0.406 e. The predicted octanol–water partition coefficient (Wildman–Crippen LogP) is 4.27. The van der Waals surface area contributed by atoms with Crippen molar-refractivity contribution in [1.82, 2.24) is 9.55 Å². The Balaban J connectivity index is 1.80. The molecule has 29 heavy (non-hydrogen) atoms. The van der Waals surface area contributed by atoms with Gasteiger partial charge in [0.15, 0.2) is 11.8 Å². The molecule has 0 aliphatic carbocycles. The summed E-state index contributed by atoms with van der Waals surface area (Å²) in [7, 11) is 0. The maximum absolute atomic E-state index is 13.1. The van der Waals surface area contributed by atoms with E-state index in [1.165, 1.54) is 22.5 Å². The third-order valence-corrected chi connectivity index (χ3v) is 4.94. The summed E-state index contributed by atoms with van der Waals surface area (Å²) in [6.07, 6.45) is -2.92. The fourth-order valence-corrected chi connectivity index (χ4v) is 3.59. The van der Waals surface area contributed by atoms with Gasteiger partial charge in [0.2, 0.25) is 0 Å². The molecule has 3 aromatic rings. The first-order valence-electron chi connectivity index (χ1n) is 8.62. The molecule has 5 nitrogen and oxygen atoms in total. The van der Waals surface area contributed by atoms with Gasteiger partial charge in [-0.3, -0.25) is 4.79 Å². The van der Waals surface area contributed by atoms with Crippen LogP contribution in [0.2, 0.25) is 0 Å². The molecule has 3 rings (SSSR count). The maximum atomic E-state index is 13.1. The summed E-state index contributed by atoms with van der Waals surface area (Å²) in [6, 6.07) is 15.8. The minimum atomic E-state index is -4.37. The van der Waals surface area contributed by atoms with Gasteiger partial charge in [-0.25, -0.2) is 4.98 Å². The third kappa shape index (κ3) is 6.02. The van der Waals surface area contributed by atoms with Crippen molar-refractivity contribution in [2.75, 3.05) is 6.61 Å². The molecule has 1 amide bonds. The second-order valence-electron chi connectivity index (χ2n) is 6.18. The molecule has 2 aromatic carbocycles. The number of carbonyl (C=O) groups excluding carboxylic acids is 1. The van der Waals surface area contributed by atoms with Gasteiger partial charge in [-0.1, -0.05) is 54.2 Å². The van der Waals surface area contributed by atoms with E-state index in [0.29, 0.717) is 22.8 Å². The molecule has 2 N–H and O–H groups in total. The lowest BCUT2D eigenvalue weighted by atomic mass is 10.2. The van der Waals surface area contributed by atoms with E-state index in [4.69, 9.17) is 10.5 Å². The molecular formula is C20H18F3N3O2S. The Hall–Kier alpha value is -2.94. The van der Waals surface area contributed by atoms with E-state index in [9.17, 15) is 18.0 Å². The van der Waals surface area contributed by atoms with Crippen LogP contribution in [0.5, 0.6) is 5.75 Å². The van der Waals surface area contributed by atoms with Crippen LogP contribution in [0.3, 0.4) is 0 Å². The lowest BCUT2D eigenvalue weighted by Gasteiger charge is -2.14. The normalized spacial score (nSPS) is 11.4. The smallest absolute Gasteiger partial charge is 0.406 e. The number of halogens is 3. The largest absolute Gasteiger partial charge is 0.484 e. The fraction of sp³-hybridized carbons (Fsp3) is 0.200. The van der Waals surface area contributed by atoms with Crippen LogP contribution in [0.4, 0.5) is 13.2 Å². The van der Waals surface area contributed by atoms with Gasteiger partial charge in [0.05, 0.1) is 11.9 Å². The summed E-state index contributed by atoms with van der Waals surface area (Å²) < 4.78 is 45.9. The van der Waals surface area contributed by atoms with E-state index in [1.54, 1.807) is 48.5 Å². The molecule has 0 bridgehead atoms. The average Bonchev–Trinajstić information content (AvgIpc) is 3.06. The van der Waals surface area contributed by atoms with Gasteiger partial charge in [-0.05, 0) is 23.3 Å². The quantitative estimate of drug-likeness (QED) is 0.552. The standard InChI is InChI=1S/C20H18F3N3O2S/c21-20(22,23)13-26-17(15-6-2-1-3-7-15)10-25-19(26)29-12-14-5-4-8-16(9-14)28-11-18(24)27/h1-10H,11-13H2,(H2,24,27). The Kier molecular flexibility index (Phi) is 6.48.